The number of carbonyl (C=O) groups excluding carboxylic acids is 1. The summed E-state index contributed by atoms with van der Waals surface area (Å²) in [6.45, 7) is -2.97. The van der Waals surface area contributed by atoms with Crippen molar-refractivity contribution in [1.82, 2.24) is 4.98 Å². The Morgan fingerprint density at radius 1 is 1.47 bits per heavy atom. The largest absolute Gasteiger partial charge is 0.434 e. The molecule has 1 aromatic heterocycles. The second-order valence-corrected chi connectivity index (χ2v) is 4.45. The van der Waals surface area contributed by atoms with Crippen LogP contribution < -0.4 is 4.74 Å². The van der Waals surface area contributed by atoms with Crippen molar-refractivity contribution < 1.29 is 18.3 Å². The molecule has 0 atom stereocenters. The number of carbonyl (C=O) groups is 1. The molecule has 0 aliphatic carbocycles. The molecule has 0 fully saturated rings. The smallest absolute Gasteiger partial charge is 0.387 e. The predicted molar refractivity (Wildman–Crippen MR) is 64.3 cm³/mol. The highest BCUT2D eigenvalue weighted by molar-refractivity contribution is 7.16. The highest BCUT2D eigenvalue weighted by atomic mass is 32.1. The van der Waals surface area contributed by atoms with E-state index in [0.29, 0.717) is 21.7 Å². The summed E-state index contributed by atoms with van der Waals surface area (Å²) in [4.78, 5) is 14.9. The number of hydrogen-bond acceptors (Lipinski definition) is 5. The third-order valence-corrected chi connectivity index (χ3v) is 3.15. The van der Waals surface area contributed by atoms with Crippen LogP contribution in [0.1, 0.15) is 15.2 Å². The van der Waals surface area contributed by atoms with Gasteiger partial charge >= 0.3 is 6.61 Å². The molecule has 0 aliphatic heterocycles. The summed E-state index contributed by atoms with van der Waals surface area (Å²) in [6, 6.07) is 5.95. The topological polar surface area (TPSA) is 63.0 Å². The van der Waals surface area contributed by atoms with E-state index in [-0.39, 0.29) is 11.3 Å². The SMILES string of the molecule is N#Cc1ccc(OC(F)F)c(-c2ncc(C=O)s2)c1. The van der Waals surface area contributed by atoms with Gasteiger partial charge in [-0.25, -0.2) is 4.98 Å². The first kappa shape index (κ1) is 13.1. The summed E-state index contributed by atoms with van der Waals surface area (Å²) < 4.78 is 29.0. The molecule has 2 rings (SSSR count). The summed E-state index contributed by atoms with van der Waals surface area (Å²) in [5.41, 5.74) is 0.553. The van der Waals surface area contributed by atoms with Crippen LogP contribution in [-0.2, 0) is 0 Å². The van der Waals surface area contributed by atoms with E-state index < -0.39 is 6.61 Å². The number of aldehydes is 1. The van der Waals surface area contributed by atoms with Crippen molar-refractivity contribution in [3.8, 4) is 22.4 Å². The molecule has 2 aromatic rings. The number of nitrogens with zero attached hydrogens (tertiary/aromatic N) is 2. The van der Waals surface area contributed by atoms with Crippen molar-refractivity contribution in [3.05, 3.63) is 34.8 Å². The second kappa shape index (κ2) is 5.54. The van der Waals surface area contributed by atoms with Crippen molar-refractivity contribution in [3.63, 3.8) is 0 Å². The van der Waals surface area contributed by atoms with Crippen LogP contribution in [-0.4, -0.2) is 17.9 Å². The Balaban J connectivity index is 2.51. The van der Waals surface area contributed by atoms with Crippen LogP contribution in [0.4, 0.5) is 8.78 Å². The molecule has 0 bridgehead atoms. The summed E-state index contributed by atoms with van der Waals surface area (Å²) in [6.07, 6.45) is 1.95. The van der Waals surface area contributed by atoms with E-state index in [0.717, 1.165) is 11.3 Å². The first-order valence-electron chi connectivity index (χ1n) is 5.04. The third-order valence-electron chi connectivity index (χ3n) is 2.19. The van der Waals surface area contributed by atoms with Crippen LogP contribution in [0.3, 0.4) is 0 Å². The lowest BCUT2D eigenvalue weighted by molar-refractivity contribution is -0.0494. The van der Waals surface area contributed by atoms with Gasteiger partial charge in [-0.1, -0.05) is 0 Å². The highest BCUT2D eigenvalue weighted by Crippen LogP contribution is 2.34. The maximum absolute atomic E-state index is 12.3. The Morgan fingerprint density at radius 2 is 2.26 bits per heavy atom. The van der Waals surface area contributed by atoms with Gasteiger partial charge in [-0.05, 0) is 18.2 Å². The van der Waals surface area contributed by atoms with Gasteiger partial charge in [0.1, 0.15) is 10.8 Å². The molecule has 0 aliphatic rings. The number of benzene rings is 1. The van der Waals surface area contributed by atoms with Gasteiger partial charge in [0.15, 0.2) is 6.29 Å². The second-order valence-electron chi connectivity index (χ2n) is 3.39. The van der Waals surface area contributed by atoms with Crippen molar-refractivity contribution in [2.24, 2.45) is 0 Å². The van der Waals surface area contributed by atoms with E-state index in [1.165, 1.54) is 24.4 Å². The van der Waals surface area contributed by atoms with Gasteiger partial charge in [-0.2, -0.15) is 14.0 Å². The highest BCUT2D eigenvalue weighted by Gasteiger charge is 2.15. The van der Waals surface area contributed by atoms with Crippen LogP contribution in [0.5, 0.6) is 5.75 Å². The maximum Gasteiger partial charge on any atom is 0.387 e. The summed E-state index contributed by atoms with van der Waals surface area (Å²) in [7, 11) is 0. The lowest BCUT2D eigenvalue weighted by Crippen LogP contribution is -2.03. The number of alkyl halides is 2. The summed E-state index contributed by atoms with van der Waals surface area (Å²) >= 11 is 1.03. The number of aromatic nitrogens is 1. The summed E-state index contributed by atoms with van der Waals surface area (Å²) in [5, 5.41) is 9.16. The average molecular weight is 280 g/mol. The van der Waals surface area contributed by atoms with Crippen molar-refractivity contribution in [2.45, 2.75) is 6.61 Å². The van der Waals surface area contributed by atoms with Gasteiger partial charge < -0.3 is 4.74 Å². The van der Waals surface area contributed by atoms with Gasteiger partial charge in [-0.15, -0.1) is 11.3 Å². The number of hydrogen-bond donors (Lipinski definition) is 0. The molecule has 0 spiro atoms. The number of halogens is 2. The van der Waals surface area contributed by atoms with Crippen LogP contribution in [0.2, 0.25) is 0 Å². The standard InChI is InChI=1S/C12H6F2N2O2S/c13-12(14)18-10-2-1-7(4-15)3-9(10)11-16-5-8(6-17)19-11/h1-3,5-6,12H. The lowest BCUT2D eigenvalue weighted by atomic mass is 10.1. The van der Waals surface area contributed by atoms with E-state index in [4.69, 9.17) is 5.26 Å². The Bertz CT molecular complexity index is 649. The van der Waals surface area contributed by atoms with Gasteiger partial charge in [-0.3, -0.25) is 4.79 Å². The molecule has 0 N–H and O–H groups in total. The number of nitriles is 1. The van der Waals surface area contributed by atoms with Crippen LogP contribution >= 0.6 is 11.3 Å². The molecular weight excluding hydrogens is 274 g/mol. The number of ether oxygens (including phenoxy) is 1. The molecule has 7 heteroatoms. The Hall–Kier alpha value is -2.33. The van der Waals surface area contributed by atoms with Crippen molar-refractivity contribution in [1.29, 1.82) is 5.26 Å². The molecule has 0 unspecified atom stereocenters. The fraction of sp³-hybridized carbons (Fsp3) is 0.0833. The van der Waals surface area contributed by atoms with E-state index >= 15 is 0 Å². The zero-order valence-corrected chi connectivity index (χ0v) is 10.2. The normalized spacial score (nSPS) is 10.2. The Labute approximate surface area is 110 Å². The molecular formula is C12H6F2N2O2S. The molecule has 0 radical (unpaired) electrons. The zero-order valence-electron chi connectivity index (χ0n) is 9.34. The average Bonchev–Trinajstić information content (AvgIpc) is 2.87. The van der Waals surface area contributed by atoms with Gasteiger partial charge in [0.05, 0.1) is 22.1 Å². The zero-order chi connectivity index (χ0) is 13.8. The third kappa shape index (κ3) is 2.92. The molecule has 0 saturated heterocycles. The lowest BCUT2D eigenvalue weighted by Gasteiger charge is -2.08. The molecule has 0 saturated carbocycles. The first-order valence-corrected chi connectivity index (χ1v) is 5.86. The van der Waals surface area contributed by atoms with E-state index in [2.05, 4.69) is 9.72 Å². The Morgan fingerprint density at radius 3 is 2.84 bits per heavy atom. The predicted octanol–water partition coefficient (Wildman–Crippen LogP) is 3.10. The van der Waals surface area contributed by atoms with Gasteiger partial charge in [0.2, 0.25) is 0 Å². The van der Waals surface area contributed by atoms with E-state index in [1.807, 2.05) is 6.07 Å². The summed E-state index contributed by atoms with van der Waals surface area (Å²) in [5.74, 6) is -0.0826. The van der Waals surface area contributed by atoms with Crippen molar-refractivity contribution in [2.75, 3.05) is 0 Å². The number of rotatable bonds is 4. The van der Waals surface area contributed by atoms with Gasteiger partial charge in [0, 0.05) is 6.20 Å². The van der Waals surface area contributed by atoms with Crippen molar-refractivity contribution >= 4 is 17.6 Å². The molecule has 1 heterocycles. The fourth-order valence-electron chi connectivity index (χ4n) is 1.43. The fourth-order valence-corrected chi connectivity index (χ4v) is 2.18. The molecule has 1 aromatic carbocycles. The van der Waals surface area contributed by atoms with E-state index in [1.54, 1.807) is 0 Å². The minimum Gasteiger partial charge on any atom is -0.434 e. The minimum atomic E-state index is -2.97. The molecule has 19 heavy (non-hydrogen) atoms. The number of thiazole rings is 1. The maximum atomic E-state index is 12.3. The van der Waals surface area contributed by atoms with Gasteiger partial charge in [0.25, 0.3) is 0 Å². The van der Waals surface area contributed by atoms with Crippen LogP contribution in [0.25, 0.3) is 10.6 Å². The minimum absolute atomic E-state index is 0.0826. The quantitative estimate of drug-likeness (QED) is 0.807. The first-order chi connectivity index (χ1) is 9.13. The molecule has 4 nitrogen and oxygen atoms in total. The molecule has 0 amide bonds. The monoisotopic (exact) mass is 280 g/mol. The Kier molecular flexibility index (Phi) is 3.82. The molecule has 96 valence electrons. The van der Waals surface area contributed by atoms with Crippen LogP contribution in [0.15, 0.2) is 24.4 Å². The van der Waals surface area contributed by atoms with E-state index in [9.17, 15) is 13.6 Å². The van der Waals surface area contributed by atoms with Crippen LogP contribution in [0, 0.1) is 11.3 Å².